The van der Waals surface area contributed by atoms with Crippen LogP contribution in [-0.4, -0.2) is 0 Å². The summed E-state index contributed by atoms with van der Waals surface area (Å²) in [4.78, 5) is 0. The van der Waals surface area contributed by atoms with Crippen LogP contribution in [-0.2, 0) is 19.4 Å². The Labute approximate surface area is 218 Å². The molecule has 0 aliphatic heterocycles. The second-order valence-corrected chi connectivity index (χ2v) is 10.4. The van der Waals surface area contributed by atoms with Crippen LogP contribution in [0, 0.1) is 0 Å². The maximum absolute atomic E-state index is 2.43. The number of hydrogen-bond acceptors (Lipinski definition) is 0. The van der Waals surface area contributed by atoms with Gasteiger partial charge in [-0.1, -0.05) is 114 Å². The highest BCUT2D eigenvalue weighted by Gasteiger charge is 2.02. The van der Waals surface area contributed by atoms with Crippen LogP contribution in [0.25, 0.3) is 0 Å². The Morgan fingerprint density at radius 1 is 0.514 bits per heavy atom. The average molecular weight is 477 g/mol. The number of benzene rings is 1. The monoisotopic (exact) mass is 476 g/mol. The van der Waals surface area contributed by atoms with E-state index in [9.17, 15) is 0 Å². The van der Waals surface area contributed by atoms with E-state index in [0.29, 0.717) is 0 Å². The van der Waals surface area contributed by atoms with E-state index in [4.69, 9.17) is 0 Å². The van der Waals surface area contributed by atoms with Gasteiger partial charge in [0.05, 0.1) is 0 Å². The summed E-state index contributed by atoms with van der Waals surface area (Å²) in [6, 6.07) is 15.5. The number of aryl methyl sites for hydroxylation is 3. The van der Waals surface area contributed by atoms with Crippen LogP contribution in [0.5, 0.6) is 0 Å². The predicted octanol–water partition coefficient (Wildman–Crippen LogP) is 9.97. The number of allylic oxidation sites excluding steroid dienone is 2. The molecule has 0 saturated carbocycles. The Bertz CT molecular complexity index is 731. The van der Waals surface area contributed by atoms with Crippen molar-refractivity contribution in [2.24, 2.45) is 0 Å². The molecule has 1 aromatic carbocycles. The third kappa shape index (κ3) is 16.4. The van der Waals surface area contributed by atoms with Gasteiger partial charge in [0.25, 0.3) is 0 Å². The first-order chi connectivity index (χ1) is 17.4. The van der Waals surface area contributed by atoms with Crippen molar-refractivity contribution in [2.75, 3.05) is 0 Å². The number of pyridine rings is 1. The van der Waals surface area contributed by atoms with E-state index in [1.54, 1.807) is 0 Å². The van der Waals surface area contributed by atoms with Crippen LogP contribution in [0.4, 0.5) is 0 Å². The smallest absolute Gasteiger partial charge is 0.169 e. The van der Waals surface area contributed by atoms with Gasteiger partial charge in [-0.15, -0.1) is 0 Å². The number of hydrogen-bond donors (Lipinski definition) is 0. The average Bonchev–Trinajstić information content (AvgIpc) is 2.90. The topological polar surface area (TPSA) is 3.88 Å². The molecule has 35 heavy (non-hydrogen) atoms. The molecule has 1 nitrogen and oxygen atoms in total. The van der Waals surface area contributed by atoms with E-state index in [2.05, 4.69) is 78.5 Å². The lowest BCUT2D eigenvalue weighted by molar-refractivity contribution is -0.697. The predicted molar refractivity (Wildman–Crippen MR) is 154 cm³/mol. The van der Waals surface area contributed by atoms with Crippen molar-refractivity contribution in [1.82, 2.24) is 0 Å². The van der Waals surface area contributed by atoms with Crippen LogP contribution in [0.2, 0.25) is 0 Å². The van der Waals surface area contributed by atoms with Crippen molar-refractivity contribution < 1.29 is 4.57 Å². The van der Waals surface area contributed by atoms with Crippen molar-refractivity contribution >= 4 is 0 Å². The van der Waals surface area contributed by atoms with Gasteiger partial charge in [-0.2, -0.15) is 0 Å². The molecule has 0 N–H and O–H groups in total. The summed E-state index contributed by atoms with van der Waals surface area (Å²) in [6.45, 7) is 3.42. The lowest BCUT2D eigenvalue weighted by atomic mass is 10.0. The SMILES string of the molecule is CCCCCCCC/C=C/CCCCCCCCCc1cc[n+](CCCCc2ccccc2)cc1. The van der Waals surface area contributed by atoms with E-state index < -0.39 is 0 Å². The summed E-state index contributed by atoms with van der Waals surface area (Å²) in [7, 11) is 0. The molecule has 2 aromatic rings. The highest BCUT2D eigenvalue weighted by Crippen LogP contribution is 2.12. The minimum atomic E-state index is 1.13. The van der Waals surface area contributed by atoms with Crippen molar-refractivity contribution in [2.45, 2.75) is 135 Å². The summed E-state index contributed by atoms with van der Waals surface area (Å²) in [5.41, 5.74) is 2.96. The number of nitrogens with zero attached hydrogens (tertiary/aromatic N) is 1. The first kappa shape index (κ1) is 29.3. The molecule has 0 aliphatic carbocycles. The summed E-state index contributed by atoms with van der Waals surface area (Å²) in [6.07, 6.45) is 35.1. The van der Waals surface area contributed by atoms with Crippen LogP contribution < -0.4 is 4.57 Å². The fourth-order valence-corrected chi connectivity index (χ4v) is 4.83. The molecule has 1 heteroatoms. The largest absolute Gasteiger partial charge is 0.205 e. The Kier molecular flexibility index (Phi) is 17.9. The van der Waals surface area contributed by atoms with Gasteiger partial charge >= 0.3 is 0 Å². The summed E-state index contributed by atoms with van der Waals surface area (Å²) >= 11 is 0. The first-order valence-electron chi connectivity index (χ1n) is 15.1. The summed E-state index contributed by atoms with van der Waals surface area (Å²) < 4.78 is 2.35. The molecule has 194 valence electrons. The summed E-state index contributed by atoms with van der Waals surface area (Å²) in [5, 5.41) is 0. The molecule has 0 spiro atoms. The Balaban J connectivity index is 1.36. The molecular weight excluding hydrogens is 422 g/mol. The highest BCUT2D eigenvalue weighted by molar-refractivity contribution is 5.14. The quantitative estimate of drug-likeness (QED) is 0.0904. The molecular formula is C34H54N+. The van der Waals surface area contributed by atoms with Gasteiger partial charge < -0.3 is 0 Å². The lowest BCUT2D eigenvalue weighted by Crippen LogP contribution is -2.32. The Morgan fingerprint density at radius 2 is 1.00 bits per heavy atom. The molecule has 1 aromatic heterocycles. The van der Waals surface area contributed by atoms with E-state index in [-0.39, 0.29) is 0 Å². The first-order valence-corrected chi connectivity index (χ1v) is 15.1. The Hall–Kier alpha value is -1.89. The molecule has 0 radical (unpaired) electrons. The zero-order valence-corrected chi connectivity index (χ0v) is 22.9. The van der Waals surface area contributed by atoms with Crippen LogP contribution in [0.15, 0.2) is 67.0 Å². The summed E-state index contributed by atoms with van der Waals surface area (Å²) in [5.74, 6) is 0. The fourth-order valence-electron chi connectivity index (χ4n) is 4.83. The van der Waals surface area contributed by atoms with Crippen molar-refractivity contribution in [3.63, 3.8) is 0 Å². The molecule has 0 saturated heterocycles. The maximum Gasteiger partial charge on any atom is 0.169 e. The van der Waals surface area contributed by atoms with E-state index >= 15 is 0 Å². The standard InChI is InChI=1S/C34H54N/c1-2-3-4-5-6-7-8-9-10-11-12-13-14-15-16-17-19-26-34-28-31-35(32-29-34)30-23-22-27-33-24-20-18-21-25-33/h9-10,18,20-21,24-25,28-29,31-32H,2-8,11-17,19,22-23,26-27,30H2,1H3/q+1/b10-9+. The molecule has 2 rings (SSSR count). The molecule has 1 heterocycles. The van der Waals surface area contributed by atoms with Gasteiger partial charge in [-0.25, -0.2) is 4.57 Å². The number of aromatic nitrogens is 1. The fraction of sp³-hybridized carbons (Fsp3) is 0.618. The van der Waals surface area contributed by atoms with Crippen LogP contribution in [0.3, 0.4) is 0 Å². The number of rotatable bonds is 22. The van der Waals surface area contributed by atoms with E-state index in [1.165, 1.54) is 133 Å². The van der Waals surface area contributed by atoms with Gasteiger partial charge in [0.2, 0.25) is 0 Å². The van der Waals surface area contributed by atoms with Crippen molar-refractivity contribution in [1.29, 1.82) is 0 Å². The van der Waals surface area contributed by atoms with E-state index in [0.717, 1.165) is 6.54 Å². The Morgan fingerprint density at radius 3 is 1.60 bits per heavy atom. The highest BCUT2D eigenvalue weighted by atomic mass is 14.9. The zero-order valence-electron chi connectivity index (χ0n) is 22.9. The third-order valence-electron chi connectivity index (χ3n) is 7.16. The normalized spacial score (nSPS) is 11.5. The lowest BCUT2D eigenvalue weighted by Gasteiger charge is -2.03. The zero-order chi connectivity index (χ0) is 24.7. The van der Waals surface area contributed by atoms with Crippen LogP contribution >= 0.6 is 0 Å². The van der Waals surface area contributed by atoms with Gasteiger partial charge in [-0.3, -0.25) is 0 Å². The third-order valence-corrected chi connectivity index (χ3v) is 7.16. The van der Waals surface area contributed by atoms with Gasteiger partial charge in [-0.05, 0) is 62.5 Å². The second-order valence-electron chi connectivity index (χ2n) is 10.4. The second kappa shape index (κ2) is 21.4. The van der Waals surface area contributed by atoms with E-state index in [1.807, 2.05) is 0 Å². The number of unbranched alkanes of at least 4 members (excludes halogenated alkanes) is 14. The molecule has 0 atom stereocenters. The molecule has 0 amide bonds. The minimum absolute atomic E-state index is 1.13. The van der Waals surface area contributed by atoms with Gasteiger partial charge in [0.1, 0.15) is 6.54 Å². The van der Waals surface area contributed by atoms with Crippen molar-refractivity contribution in [3.8, 4) is 0 Å². The maximum atomic E-state index is 2.43. The molecule has 0 aliphatic rings. The van der Waals surface area contributed by atoms with Gasteiger partial charge in [0.15, 0.2) is 12.4 Å². The van der Waals surface area contributed by atoms with Crippen LogP contribution in [0.1, 0.15) is 127 Å². The molecule has 0 bridgehead atoms. The van der Waals surface area contributed by atoms with Crippen molar-refractivity contribution in [3.05, 3.63) is 78.1 Å². The minimum Gasteiger partial charge on any atom is -0.205 e. The molecule has 0 unspecified atom stereocenters. The molecule has 0 fully saturated rings. The van der Waals surface area contributed by atoms with Gasteiger partial charge in [0, 0.05) is 18.6 Å².